The van der Waals surface area contributed by atoms with Crippen LogP contribution >= 0.6 is 0 Å². The highest BCUT2D eigenvalue weighted by Crippen LogP contribution is 2.25. The lowest BCUT2D eigenvalue weighted by molar-refractivity contribution is 0.148. The second-order valence-electron chi connectivity index (χ2n) is 5.27. The van der Waals surface area contributed by atoms with Crippen molar-refractivity contribution in [1.82, 2.24) is 10.2 Å². The third-order valence-corrected chi connectivity index (χ3v) is 3.59. The van der Waals surface area contributed by atoms with E-state index >= 15 is 0 Å². The largest absolute Gasteiger partial charge is 0.351 e. The molecule has 2 aliphatic rings. The fourth-order valence-electron chi connectivity index (χ4n) is 2.71. The van der Waals surface area contributed by atoms with Gasteiger partial charge in [0.2, 0.25) is 0 Å². The Labute approximate surface area is 97.6 Å². The van der Waals surface area contributed by atoms with Gasteiger partial charge in [0.15, 0.2) is 0 Å². The third kappa shape index (κ3) is 3.11. The number of carbonyl (C=O) groups is 1. The zero-order chi connectivity index (χ0) is 11.5. The van der Waals surface area contributed by atoms with E-state index in [9.17, 15) is 4.79 Å². The summed E-state index contributed by atoms with van der Waals surface area (Å²) in [4.78, 5) is 13.1. The number of piperidine rings is 1. The molecule has 3 N–H and O–H groups in total. The molecule has 1 saturated heterocycles. The average Bonchev–Trinajstić information content (AvgIpc) is 3.01. The van der Waals surface area contributed by atoms with E-state index in [1.165, 1.54) is 32.1 Å². The van der Waals surface area contributed by atoms with Crippen molar-refractivity contribution >= 4 is 6.03 Å². The predicted octanol–water partition coefficient (Wildman–Crippen LogP) is 1.31. The highest BCUT2D eigenvalue weighted by atomic mass is 16.2. The molecule has 0 spiro atoms. The van der Waals surface area contributed by atoms with Crippen LogP contribution in [0.25, 0.3) is 0 Å². The van der Waals surface area contributed by atoms with Crippen LogP contribution in [-0.4, -0.2) is 36.1 Å². The van der Waals surface area contributed by atoms with E-state index in [1.54, 1.807) is 0 Å². The molecule has 1 heterocycles. The first kappa shape index (κ1) is 11.7. The topological polar surface area (TPSA) is 58.4 Å². The summed E-state index contributed by atoms with van der Waals surface area (Å²) in [5.74, 6) is 0.627. The van der Waals surface area contributed by atoms with E-state index in [4.69, 9.17) is 5.73 Å². The number of nitrogens with one attached hydrogen (secondary N) is 1. The van der Waals surface area contributed by atoms with Crippen LogP contribution in [0.5, 0.6) is 0 Å². The van der Waals surface area contributed by atoms with Gasteiger partial charge in [-0.25, -0.2) is 4.79 Å². The van der Waals surface area contributed by atoms with Gasteiger partial charge in [0, 0.05) is 25.2 Å². The van der Waals surface area contributed by atoms with Gasteiger partial charge in [-0.1, -0.05) is 13.3 Å². The number of urea groups is 1. The molecule has 16 heavy (non-hydrogen) atoms. The lowest BCUT2D eigenvalue weighted by Gasteiger charge is -2.37. The summed E-state index contributed by atoms with van der Waals surface area (Å²) in [7, 11) is 0. The fourth-order valence-corrected chi connectivity index (χ4v) is 2.71. The summed E-state index contributed by atoms with van der Waals surface area (Å²) in [6, 6.07) is 0.911. The van der Waals surface area contributed by atoms with Gasteiger partial charge in [-0.15, -0.1) is 0 Å². The Morgan fingerprint density at radius 3 is 2.69 bits per heavy atom. The van der Waals surface area contributed by atoms with Crippen molar-refractivity contribution in [3.63, 3.8) is 0 Å². The lowest BCUT2D eigenvalue weighted by atomic mass is 9.90. The Morgan fingerprint density at radius 2 is 2.12 bits per heavy atom. The molecule has 0 aromatic rings. The molecule has 4 nitrogen and oxygen atoms in total. The van der Waals surface area contributed by atoms with E-state index < -0.39 is 0 Å². The molecule has 2 unspecified atom stereocenters. The van der Waals surface area contributed by atoms with Gasteiger partial charge in [0.25, 0.3) is 0 Å². The van der Waals surface area contributed by atoms with E-state index in [-0.39, 0.29) is 6.03 Å². The minimum atomic E-state index is -0.261. The zero-order valence-corrected chi connectivity index (χ0v) is 10.1. The van der Waals surface area contributed by atoms with Gasteiger partial charge in [0.1, 0.15) is 0 Å². The Bertz CT molecular complexity index is 253. The maximum absolute atomic E-state index is 11.3. The standard InChI is InChI=1S/C12H23N3O/c1-2-3-9-6-11(14-10-4-5-10)8-15(7-9)12(13)16/h9-11,14H,2-8H2,1H3,(H2,13,16). The molecule has 1 saturated carbocycles. The number of amides is 2. The number of nitrogens with zero attached hydrogens (tertiary/aromatic N) is 1. The van der Waals surface area contributed by atoms with Crippen LogP contribution in [0.4, 0.5) is 4.79 Å². The van der Waals surface area contributed by atoms with Crippen LogP contribution in [-0.2, 0) is 0 Å². The summed E-state index contributed by atoms with van der Waals surface area (Å²) in [5, 5.41) is 3.62. The van der Waals surface area contributed by atoms with E-state index in [0.717, 1.165) is 13.1 Å². The van der Waals surface area contributed by atoms with Gasteiger partial charge < -0.3 is 16.0 Å². The van der Waals surface area contributed by atoms with E-state index in [0.29, 0.717) is 18.0 Å². The first-order chi connectivity index (χ1) is 7.69. The first-order valence-electron chi connectivity index (χ1n) is 6.49. The van der Waals surface area contributed by atoms with Crippen molar-refractivity contribution < 1.29 is 4.79 Å². The smallest absolute Gasteiger partial charge is 0.314 e. The first-order valence-corrected chi connectivity index (χ1v) is 6.49. The minimum Gasteiger partial charge on any atom is -0.351 e. The maximum atomic E-state index is 11.3. The molecule has 1 aliphatic heterocycles. The molecule has 2 fully saturated rings. The molecule has 2 rings (SSSR count). The third-order valence-electron chi connectivity index (χ3n) is 3.59. The Balaban J connectivity index is 1.89. The molecule has 2 amide bonds. The summed E-state index contributed by atoms with van der Waals surface area (Å²) in [6.45, 7) is 3.85. The van der Waals surface area contributed by atoms with Crippen molar-refractivity contribution in [3.05, 3.63) is 0 Å². The number of nitrogens with two attached hydrogens (primary N) is 1. The highest BCUT2D eigenvalue weighted by molar-refractivity contribution is 5.72. The minimum absolute atomic E-state index is 0.261. The summed E-state index contributed by atoms with van der Waals surface area (Å²) in [6.07, 6.45) is 6.19. The molecule has 4 heteroatoms. The summed E-state index contributed by atoms with van der Waals surface area (Å²) in [5.41, 5.74) is 5.39. The molecule has 92 valence electrons. The van der Waals surface area contributed by atoms with Crippen LogP contribution in [0.15, 0.2) is 0 Å². The van der Waals surface area contributed by atoms with Crippen molar-refractivity contribution in [2.24, 2.45) is 11.7 Å². The van der Waals surface area contributed by atoms with Crippen LogP contribution in [0.3, 0.4) is 0 Å². The second-order valence-corrected chi connectivity index (χ2v) is 5.27. The predicted molar refractivity (Wildman–Crippen MR) is 64.1 cm³/mol. The normalized spacial score (nSPS) is 30.4. The lowest BCUT2D eigenvalue weighted by Crippen LogP contribution is -2.53. The zero-order valence-electron chi connectivity index (χ0n) is 10.1. The average molecular weight is 225 g/mol. The molecular weight excluding hydrogens is 202 g/mol. The fraction of sp³-hybridized carbons (Fsp3) is 0.917. The second kappa shape index (κ2) is 5.04. The van der Waals surface area contributed by atoms with Crippen LogP contribution in [0.2, 0.25) is 0 Å². The van der Waals surface area contributed by atoms with Crippen LogP contribution in [0.1, 0.15) is 39.0 Å². The van der Waals surface area contributed by atoms with Gasteiger partial charge in [-0.3, -0.25) is 0 Å². The highest BCUT2D eigenvalue weighted by Gasteiger charge is 2.32. The van der Waals surface area contributed by atoms with Crippen LogP contribution < -0.4 is 11.1 Å². The molecule has 0 aromatic carbocycles. The molecule has 0 aromatic heterocycles. The van der Waals surface area contributed by atoms with Gasteiger partial charge >= 0.3 is 6.03 Å². The molecule has 0 bridgehead atoms. The maximum Gasteiger partial charge on any atom is 0.314 e. The SMILES string of the molecule is CCCC1CC(NC2CC2)CN(C(N)=O)C1. The Kier molecular flexibility index (Phi) is 3.69. The number of carbonyl (C=O) groups excluding carboxylic acids is 1. The van der Waals surface area contributed by atoms with Crippen molar-refractivity contribution in [3.8, 4) is 0 Å². The molecular formula is C12H23N3O. The monoisotopic (exact) mass is 225 g/mol. The molecule has 0 radical (unpaired) electrons. The van der Waals surface area contributed by atoms with E-state index in [1.807, 2.05) is 4.90 Å². The van der Waals surface area contributed by atoms with Crippen molar-refractivity contribution in [2.45, 2.75) is 51.1 Å². The quantitative estimate of drug-likeness (QED) is 0.758. The van der Waals surface area contributed by atoms with Crippen molar-refractivity contribution in [2.75, 3.05) is 13.1 Å². The van der Waals surface area contributed by atoms with Gasteiger partial charge in [0.05, 0.1) is 0 Å². The molecule has 1 aliphatic carbocycles. The van der Waals surface area contributed by atoms with Gasteiger partial charge in [-0.2, -0.15) is 0 Å². The van der Waals surface area contributed by atoms with Crippen molar-refractivity contribution in [1.29, 1.82) is 0 Å². The van der Waals surface area contributed by atoms with Gasteiger partial charge in [-0.05, 0) is 31.6 Å². The molecule has 2 atom stereocenters. The Hall–Kier alpha value is -0.770. The number of primary amides is 1. The van der Waals surface area contributed by atoms with E-state index in [2.05, 4.69) is 12.2 Å². The number of likely N-dealkylation sites (tertiary alicyclic amines) is 1. The summed E-state index contributed by atoms with van der Waals surface area (Å²) < 4.78 is 0. The van der Waals surface area contributed by atoms with Crippen LogP contribution in [0, 0.1) is 5.92 Å². The number of hydrogen-bond donors (Lipinski definition) is 2. The Morgan fingerprint density at radius 1 is 1.38 bits per heavy atom. The number of rotatable bonds is 4. The summed E-state index contributed by atoms with van der Waals surface area (Å²) >= 11 is 0. The number of hydrogen-bond acceptors (Lipinski definition) is 2.